The topological polar surface area (TPSA) is 26.3 Å². The molecule has 0 spiro atoms. The molecule has 0 aromatic rings. The fraction of sp³-hybridized carbons (Fsp3) is 0.900. The molecule has 0 aromatic carbocycles. The molecule has 0 saturated heterocycles. The number of hydrogen-bond donors (Lipinski definition) is 0. The lowest BCUT2D eigenvalue weighted by Gasteiger charge is -2.38. The Bertz CT molecular complexity index is 197. The van der Waals surface area contributed by atoms with Crippen LogP contribution in [0.15, 0.2) is 0 Å². The van der Waals surface area contributed by atoms with Crippen molar-refractivity contribution in [3.63, 3.8) is 0 Å². The Hall–Kier alpha value is 0.137. The van der Waals surface area contributed by atoms with Crippen LogP contribution in [0.2, 0.25) is 18.1 Å². The fourth-order valence-electron chi connectivity index (χ4n) is 0.747. The molecule has 84 valence electrons. The average molecular weight is 237 g/mol. The maximum absolute atomic E-state index is 10.8. The second kappa shape index (κ2) is 4.77. The maximum Gasteiger partial charge on any atom is 0.193 e. The predicted octanol–water partition coefficient (Wildman–Crippen LogP) is 3.20. The highest BCUT2D eigenvalue weighted by molar-refractivity contribution is 6.74. The third-order valence-corrected chi connectivity index (χ3v) is 7.55. The SMILES string of the molecule is C[C@H](Cl)[C@@H](C=O)O[Si](C)(C)C(C)(C)C. The number of halogens is 1. The van der Waals surface area contributed by atoms with Crippen LogP contribution in [0.1, 0.15) is 27.7 Å². The largest absolute Gasteiger partial charge is 0.406 e. The van der Waals surface area contributed by atoms with Crippen LogP contribution >= 0.6 is 11.6 Å². The van der Waals surface area contributed by atoms with Crippen molar-refractivity contribution in [2.75, 3.05) is 0 Å². The summed E-state index contributed by atoms with van der Waals surface area (Å²) in [5.41, 5.74) is 0. The quantitative estimate of drug-likeness (QED) is 0.426. The summed E-state index contributed by atoms with van der Waals surface area (Å²) in [6, 6.07) is 0. The Kier molecular flexibility index (Phi) is 4.82. The van der Waals surface area contributed by atoms with E-state index in [1.165, 1.54) is 0 Å². The molecule has 4 heteroatoms. The van der Waals surface area contributed by atoms with Crippen LogP contribution in [0.3, 0.4) is 0 Å². The van der Waals surface area contributed by atoms with Crippen LogP contribution in [-0.4, -0.2) is 26.1 Å². The molecule has 0 aliphatic carbocycles. The minimum Gasteiger partial charge on any atom is -0.406 e. The second-order valence-electron chi connectivity index (χ2n) is 5.16. The average Bonchev–Trinajstić information content (AvgIpc) is 1.97. The van der Waals surface area contributed by atoms with E-state index in [9.17, 15) is 4.79 Å². The van der Waals surface area contributed by atoms with Gasteiger partial charge in [-0.1, -0.05) is 20.8 Å². The fourth-order valence-corrected chi connectivity index (χ4v) is 2.24. The standard InChI is InChI=1S/C10H21ClO2Si/c1-8(11)9(7-12)13-14(5,6)10(2,3)4/h7-9H,1-6H3/t8-,9+/m0/s1. The zero-order chi connectivity index (χ0) is 11.6. The van der Waals surface area contributed by atoms with Gasteiger partial charge in [0.15, 0.2) is 8.32 Å². The maximum atomic E-state index is 10.8. The highest BCUT2D eigenvalue weighted by Crippen LogP contribution is 2.37. The molecule has 0 N–H and O–H groups in total. The second-order valence-corrected chi connectivity index (χ2v) is 10.6. The normalized spacial score (nSPS) is 17.6. The van der Waals surface area contributed by atoms with Gasteiger partial charge in [-0.15, -0.1) is 11.6 Å². The summed E-state index contributed by atoms with van der Waals surface area (Å²) in [7, 11) is -1.87. The van der Waals surface area contributed by atoms with Crippen LogP contribution in [-0.2, 0) is 9.22 Å². The molecule has 0 bridgehead atoms. The van der Waals surface area contributed by atoms with Gasteiger partial charge in [-0.05, 0) is 25.1 Å². The molecular formula is C10H21ClO2Si. The molecule has 0 saturated carbocycles. The Morgan fingerprint density at radius 1 is 1.36 bits per heavy atom. The lowest BCUT2D eigenvalue weighted by atomic mass is 10.2. The van der Waals surface area contributed by atoms with E-state index in [4.69, 9.17) is 16.0 Å². The van der Waals surface area contributed by atoms with E-state index in [-0.39, 0.29) is 10.4 Å². The van der Waals surface area contributed by atoms with Gasteiger partial charge in [0.2, 0.25) is 0 Å². The first-order valence-corrected chi connectivity index (χ1v) is 8.23. The van der Waals surface area contributed by atoms with E-state index in [1.54, 1.807) is 6.92 Å². The van der Waals surface area contributed by atoms with Crippen LogP contribution in [0.25, 0.3) is 0 Å². The Morgan fingerprint density at radius 3 is 2.00 bits per heavy atom. The van der Waals surface area contributed by atoms with Gasteiger partial charge in [0.1, 0.15) is 12.4 Å². The summed E-state index contributed by atoms with van der Waals surface area (Å²) >= 11 is 5.87. The molecule has 0 fully saturated rings. The molecule has 0 heterocycles. The Morgan fingerprint density at radius 2 is 1.79 bits per heavy atom. The van der Waals surface area contributed by atoms with Gasteiger partial charge in [0.25, 0.3) is 0 Å². The van der Waals surface area contributed by atoms with Crippen molar-refractivity contribution in [2.24, 2.45) is 0 Å². The van der Waals surface area contributed by atoms with Crippen molar-refractivity contribution in [3.05, 3.63) is 0 Å². The molecule has 2 nitrogen and oxygen atoms in total. The minimum absolute atomic E-state index is 0.111. The van der Waals surface area contributed by atoms with Crippen molar-refractivity contribution >= 4 is 26.2 Å². The van der Waals surface area contributed by atoms with Crippen LogP contribution in [0, 0.1) is 0 Å². The number of carbonyl (C=O) groups excluding carboxylic acids is 1. The first kappa shape index (κ1) is 14.1. The van der Waals surface area contributed by atoms with Crippen LogP contribution < -0.4 is 0 Å². The third kappa shape index (κ3) is 3.71. The minimum atomic E-state index is -1.87. The molecule has 0 unspecified atom stereocenters. The number of rotatable bonds is 4. The van der Waals surface area contributed by atoms with Crippen LogP contribution in [0.5, 0.6) is 0 Å². The summed E-state index contributed by atoms with van der Waals surface area (Å²) in [5, 5.41) is -0.151. The van der Waals surface area contributed by atoms with Gasteiger partial charge >= 0.3 is 0 Å². The van der Waals surface area contributed by atoms with Gasteiger partial charge in [0.05, 0.1) is 5.38 Å². The van der Waals surface area contributed by atoms with Gasteiger partial charge in [-0.2, -0.15) is 0 Å². The predicted molar refractivity (Wildman–Crippen MR) is 63.4 cm³/mol. The molecule has 0 radical (unpaired) electrons. The zero-order valence-corrected chi connectivity index (χ0v) is 11.7. The van der Waals surface area contributed by atoms with Crippen molar-refractivity contribution in [3.8, 4) is 0 Å². The van der Waals surface area contributed by atoms with Gasteiger partial charge in [-0.3, -0.25) is 0 Å². The van der Waals surface area contributed by atoms with E-state index >= 15 is 0 Å². The van der Waals surface area contributed by atoms with Crippen molar-refractivity contribution in [1.29, 1.82) is 0 Å². The molecule has 0 aliphatic rings. The Balaban J connectivity index is 4.56. The molecule has 0 amide bonds. The van der Waals surface area contributed by atoms with E-state index in [0.717, 1.165) is 6.29 Å². The highest BCUT2D eigenvalue weighted by Gasteiger charge is 2.39. The number of alkyl halides is 1. The van der Waals surface area contributed by atoms with E-state index in [0.29, 0.717) is 0 Å². The smallest absolute Gasteiger partial charge is 0.193 e. The summed E-state index contributed by atoms with van der Waals surface area (Å²) in [6.07, 6.45) is 0.329. The monoisotopic (exact) mass is 236 g/mol. The third-order valence-electron chi connectivity index (χ3n) is 2.82. The lowest BCUT2D eigenvalue weighted by molar-refractivity contribution is -0.114. The lowest BCUT2D eigenvalue weighted by Crippen LogP contribution is -2.46. The van der Waals surface area contributed by atoms with Crippen molar-refractivity contribution in [1.82, 2.24) is 0 Å². The van der Waals surface area contributed by atoms with Crippen molar-refractivity contribution in [2.45, 2.75) is 57.3 Å². The van der Waals surface area contributed by atoms with E-state index < -0.39 is 14.4 Å². The van der Waals surface area contributed by atoms with Gasteiger partial charge < -0.3 is 9.22 Å². The number of carbonyl (C=O) groups is 1. The number of hydrogen-bond acceptors (Lipinski definition) is 2. The molecule has 0 aromatic heterocycles. The first-order valence-electron chi connectivity index (χ1n) is 4.89. The highest BCUT2D eigenvalue weighted by atomic mass is 35.5. The summed E-state index contributed by atoms with van der Waals surface area (Å²) < 4.78 is 5.85. The molecule has 0 aliphatic heterocycles. The first-order chi connectivity index (χ1) is 6.12. The zero-order valence-electron chi connectivity index (χ0n) is 9.93. The van der Waals surface area contributed by atoms with Gasteiger partial charge in [0, 0.05) is 0 Å². The molecule has 0 rings (SSSR count). The summed E-state index contributed by atoms with van der Waals surface area (Å²) in [4.78, 5) is 10.8. The van der Waals surface area contributed by atoms with Gasteiger partial charge in [-0.25, -0.2) is 0 Å². The summed E-state index contributed by atoms with van der Waals surface area (Å²) in [5.74, 6) is 0. The Labute approximate surface area is 93.1 Å². The van der Waals surface area contributed by atoms with E-state index in [2.05, 4.69) is 33.9 Å². The number of aldehydes is 1. The summed E-state index contributed by atoms with van der Waals surface area (Å²) in [6.45, 7) is 12.4. The molecule has 2 atom stereocenters. The van der Waals surface area contributed by atoms with Crippen LogP contribution in [0.4, 0.5) is 0 Å². The van der Waals surface area contributed by atoms with Crippen molar-refractivity contribution < 1.29 is 9.22 Å². The molecular weight excluding hydrogens is 216 g/mol. The van der Waals surface area contributed by atoms with E-state index in [1.807, 2.05) is 0 Å². The molecule has 14 heavy (non-hydrogen) atoms.